The van der Waals surface area contributed by atoms with Crippen molar-refractivity contribution in [3.63, 3.8) is 0 Å². The van der Waals surface area contributed by atoms with E-state index in [0.717, 1.165) is 5.82 Å². The van der Waals surface area contributed by atoms with E-state index in [0.29, 0.717) is 37.8 Å². The summed E-state index contributed by atoms with van der Waals surface area (Å²) in [5, 5.41) is 0. The molecule has 2 N–H and O–H groups in total. The molecule has 1 aromatic heterocycles. The van der Waals surface area contributed by atoms with Crippen LogP contribution in [0.25, 0.3) is 0 Å². The molecule has 1 aliphatic heterocycles. The largest absolute Gasteiger partial charge is 0.384 e. The van der Waals surface area contributed by atoms with Crippen LogP contribution in [0.1, 0.15) is 26.6 Å². The van der Waals surface area contributed by atoms with Crippen molar-refractivity contribution >= 4 is 21.7 Å². The molecule has 0 unspecified atom stereocenters. The minimum atomic E-state index is -3.12. The second kappa shape index (κ2) is 5.42. The van der Waals surface area contributed by atoms with E-state index >= 15 is 0 Å². The van der Waals surface area contributed by atoms with Crippen molar-refractivity contribution in [2.75, 3.05) is 43.1 Å². The average molecular weight is 313 g/mol. The van der Waals surface area contributed by atoms with Crippen LogP contribution in [0.2, 0.25) is 0 Å². The molecule has 8 heteroatoms. The fourth-order valence-electron chi connectivity index (χ4n) is 2.20. The molecule has 1 aromatic rings. The Morgan fingerprint density at radius 2 is 1.71 bits per heavy atom. The molecular formula is C13H23N5O2S. The maximum absolute atomic E-state index is 11.5. The number of hydrogen-bond donors (Lipinski definition) is 1. The fraction of sp³-hybridized carbons (Fsp3) is 0.692. The number of aromatic nitrogens is 2. The number of anilines is 2. The van der Waals surface area contributed by atoms with Gasteiger partial charge in [0.25, 0.3) is 0 Å². The quantitative estimate of drug-likeness (QED) is 0.851. The predicted octanol–water partition coefficient (Wildman–Crippen LogP) is 0.438. The van der Waals surface area contributed by atoms with Crippen molar-refractivity contribution < 1.29 is 8.42 Å². The first kappa shape index (κ1) is 16.0. The van der Waals surface area contributed by atoms with Gasteiger partial charge in [-0.1, -0.05) is 20.8 Å². The zero-order valence-electron chi connectivity index (χ0n) is 13.0. The Labute approximate surface area is 126 Å². The SMILES string of the molecule is CC(C)(C)c1nc(N)cc(N2CCN(S(C)(=O)=O)CC2)n1. The van der Waals surface area contributed by atoms with Gasteiger partial charge in [0.1, 0.15) is 17.5 Å². The summed E-state index contributed by atoms with van der Waals surface area (Å²) in [6.45, 7) is 8.24. The molecule has 21 heavy (non-hydrogen) atoms. The van der Waals surface area contributed by atoms with E-state index in [-0.39, 0.29) is 5.41 Å². The molecule has 2 heterocycles. The maximum atomic E-state index is 11.5. The van der Waals surface area contributed by atoms with Crippen molar-refractivity contribution in [2.24, 2.45) is 0 Å². The van der Waals surface area contributed by atoms with Crippen molar-refractivity contribution in [3.8, 4) is 0 Å². The predicted molar refractivity (Wildman–Crippen MR) is 83.8 cm³/mol. The van der Waals surface area contributed by atoms with Crippen LogP contribution >= 0.6 is 0 Å². The van der Waals surface area contributed by atoms with Gasteiger partial charge in [0.05, 0.1) is 6.26 Å². The molecule has 1 fully saturated rings. The Kier molecular flexibility index (Phi) is 4.12. The van der Waals surface area contributed by atoms with Crippen LogP contribution in [0.3, 0.4) is 0 Å². The van der Waals surface area contributed by atoms with Crippen LogP contribution in [0, 0.1) is 0 Å². The molecule has 0 bridgehead atoms. The third-order valence-electron chi connectivity index (χ3n) is 3.43. The van der Waals surface area contributed by atoms with E-state index in [1.807, 2.05) is 20.8 Å². The minimum Gasteiger partial charge on any atom is -0.384 e. The van der Waals surface area contributed by atoms with Gasteiger partial charge >= 0.3 is 0 Å². The van der Waals surface area contributed by atoms with Gasteiger partial charge in [-0.15, -0.1) is 0 Å². The first-order valence-corrected chi connectivity index (χ1v) is 8.77. The standard InChI is InChI=1S/C13H23N5O2S/c1-13(2,3)12-15-10(14)9-11(16-12)17-5-7-18(8-6-17)21(4,19)20/h9H,5-8H2,1-4H3,(H2,14,15,16). The monoisotopic (exact) mass is 313 g/mol. The smallest absolute Gasteiger partial charge is 0.211 e. The summed E-state index contributed by atoms with van der Waals surface area (Å²) < 4.78 is 24.5. The Hall–Kier alpha value is -1.41. The summed E-state index contributed by atoms with van der Waals surface area (Å²) in [4.78, 5) is 10.9. The molecule has 0 amide bonds. The molecule has 0 aliphatic carbocycles. The van der Waals surface area contributed by atoms with E-state index < -0.39 is 10.0 Å². The van der Waals surface area contributed by atoms with Crippen LogP contribution in [0.4, 0.5) is 11.6 Å². The molecule has 0 radical (unpaired) electrons. The number of nitrogen functional groups attached to an aromatic ring is 1. The number of nitrogens with zero attached hydrogens (tertiary/aromatic N) is 4. The van der Waals surface area contributed by atoms with Gasteiger partial charge in [0.15, 0.2) is 0 Å². The van der Waals surface area contributed by atoms with E-state index in [2.05, 4.69) is 14.9 Å². The molecular weight excluding hydrogens is 290 g/mol. The minimum absolute atomic E-state index is 0.182. The molecule has 1 aliphatic rings. The lowest BCUT2D eigenvalue weighted by atomic mass is 9.96. The number of hydrogen-bond acceptors (Lipinski definition) is 6. The zero-order chi connectivity index (χ0) is 15.8. The topological polar surface area (TPSA) is 92.4 Å². The highest BCUT2D eigenvalue weighted by molar-refractivity contribution is 7.88. The molecule has 0 spiro atoms. The van der Waals surface area contributed by atoms with E-state index in [4.69, 9.17) is 5.73 Å². The second-order valence-corrected chi connectivity index (χ2v) is 8.36. The lowest BCUT2D eigenvalue weighted by Crippen LogP contribution is -2.48. The lowest BCUT2D eigenvalue weighted by molar-refractivity contribution is 0.386. The van der Waals surface area contributed by atoms with E-state index in [9.17, 15) is 8.42 Å². The summed E-state index contributed by atoms with van der Waals surface area (Å²) >= 11 is 0. The van der Waals surface area contributed by atoms with Crippen LogP contribution in [-0.2, 0) is 15.4 Å². The van der Waals surface area contributed by atoms with Gasteiger partial charge in [-0.2, -0.15) is 4.31 Å². The van der Waals surface area contributed by atoms with Gasteiger partial charge in [-0.3, -0.25) is 0 Å². The first-order chi connectivity index (χ1) is 9.57. The average Bonchev–Trinajstić information content (AvgIpc) is 2.36. The lowest BCUT2D eigenvalue weighted by Gasteiger charge is -2.34. The highest BCUT2D eigenvalue weighted by Crippen LogP contribution is 2.23. The first-order valence-electron chi connectivity index (χ1n) is 6.92. The van der Waals surface area contributed by atoms with Crippen LogP contribution in [0.15, 0.2) is 6.07 Å². The summed E-state index contributed by atoms with van der Waals surface area (Å²) in [5.41, 5.74) is 5.69. The summed E-state index contributed by atoms with van der Waals surface area (Å²) in [5.74, 6) is 1.90. The summed E-state index contributed by atoms with van der Waals surface area (Å²) in [6.07, 6.45) is 1.24. The van der Waals surface area contributed by atoms with Crippen LogP contribution in [0.5, 0.6) is 0 Å². The Morgan fingerprint density at radius 3 is 2.19 bits per heavy atom. The molecule has 7 nitrogen and oxygen atoms in total. The molecule has 2 rings (SSSR count). The van der Waals surface area contributed by atoms with Gasteiger partial charge in [0, 0.05) is 37.7 Å². The molecule has 0 saturated carbocycles. The second-order valence-electron chi connectivity index (χ2n) is 6.37. The normalized spacial score (nSPS) is 18.0. The van der Waals surface area contributed by atoms with Crippen molar-refractivity contribution in [3.05, 3.63) is 11.9 Å². The van der Waals surface area contributed by atoms with Crippen molar-refractivity contribution in [1.29, 1.82) is 0 Å². The number of sulfonamides is 1. The summed E-state index contributed by atoms with van der Waals surface area (Å²) in [7, 11) is -3.12. The number of rotatable bonds is 2. The summed E-state index contributed by atoms with van der Waals surface area (Å²) in [6, 6.07) is 1.74. The van der Waals surface area contributed by atoms with Crippen LogP contribution < -0.4 is 10.6 Å². The molecule has 118 valence electrons. The van der Waals surface area contributed by atoms with E-state index in [1.54, 1.807) is 6.07 Å². The van der Waals surface area contributed by atoms with Gasteiger partial charge in [0.2, 0.25) is 10.0 Å². The number of piperazine rings is 1. The Bertz CT molecular complexity index is 616. The van der Waals surface area contributed by atoms with Crippen molar-refractivity contribution in [2.45, 2.75) is 26.2 Å². The Morgan fingerprint density at radius 1 is 1.14 bits per heavy atom. The van der Waals surface area contributed by atoms with Crippen LogP contribution in [-0.4, -0.2) is 55.1 Å². The van der Waals surface area contributed by atoms with E-state index in [1.165, 1.54) is 10.6 Å². The highest BCUT2D eigenvalue weighted by Gasteiger charge is 2.26. The van der Waals surface area contributed by atoms with Gasteiger partial charge in [-0.25, -0.2) is 18.4 Å². The Balaban J connectivity index is 2.19. The van der Waals surface area contributed by atoms with Gasteiger partial charge < -0.3 is 10.6 Å². The third kappa shape index (κ3) is 3.82. The van der Waals surface area contributed by atoms with Crippen molar-refractivity contribution in [1.82, 2.24) is 14.3 Å². The molecule has 0 atom stereocenters. The zero-order valence-corrected chi connectivity index (χ0v) is 13.8. The number of nitrogens with two attached hydrogens (primary N) is 1. The van der Waals surface area contributed by atoms with Gasteiger partial charge in [-0.05, 0) is 0 Å². The molecule has 0 aromatic carbocycles. The maximum Gasteiger partial charge on any atom is 0.211 e. The highest BCUT2D eigenvalue weighted by atomic mass is 32.2. The fourth-order valence-corrected chi connectivity index (χ4v) is 3.03. The molecule has 1 saturated heterocycles. The third-order valence-corrected chi connectivity index (χ3v) is 4.74.